The van der Waals surface area contributed by atoms with Crippen molar-refractivity contribution in [3.05, 3.63) is 41.7 Å². The van der Waals surface area contributed by atoms with Crippen molar-refractivity contribution in [1.82, 2.24) is 10.2 Å². The number of carbonyl (C=O) groups excluding carboxylic acids is 1. The van der Waals surface area contributed by atoms with E-state index >= 15 is 0 Å². The lowest BCUT2D eigenvalue weighted by molar-refractivity contribution is 0.111. The van der Waals surface area contributed by atoms with Gasteiger partial charge in [0.15, 0.2) is 6.29 Å². The predicted octanol–water partition coefficient (Wildman–Crippen LogP) is 2.17. The number of halogens is 2. The second-order valence-electron chi connectivity index (χ2n) is 2.93. The molecule has 3 nitrogen and oxygen atoms in total. The maximum absolute atomic E-state index is 13.6. The third-order valence-corrected chi connectivity index (χ3v) is 2.05. The van der Waals surface area contributed by atoms with Crippen LogP contribution in [0.15, 0.2) is 24.5 Å². The molecule has 0 saturated carbocycles. The minimum Gasteiger partial charge on any atom is -0.298 e. The maximum atomic E-state index is 13.6. The molecule has 76 valence electrons. The quantitative estimate of drug-likeness (QED) is 0.768. The molecule has 15 heavy (non-hydrogen) atoms. The van der Waals surface area contributed by atoms with Crippen molar-refractivity contribution in [2.24, 2.45) is 0 Å². The molecule has 0 aliphatic heterocycles. The number of nitrogens with one attached hydrogen (secondary N) is 1. The van der Waals surface area contributed by atoms with Crippen LogP contribution in [-0.2, 0) is 0 Å². The Balaban J connectivity index is 2.65. The molecule has 0 atom stereocenters. The first-order valence-corrected chi connectivity index (χ1v) is 4.16. The van der Waals surface area contributed by atoms with Gasteiger partial charge < -0.3 is 0 Å². The number of aldehydes is 1. The van der Waals surface area contributed by atoms with Crippen molar-refractivity contribution in [1.29, 1.82) is 0 Å². The van der Waals surface area contributed by atoms with E-state index in [0.717, 1.165) is 6.07 Å². The highest BCUT2D eigenvalue weighted by Gasteiger charge is 2.14. The number of hydrogen-bond acceptors (Lipinski definition) is 2. The topological polar surface area (TPSA) is 45.8 Å². The summed E-state index contributed by atoms with van der Waals surface area (Å²) >= 11 is 0. The Morgan fingerprint density at radius 3 is 2.73 bits per heavy atom. The zero-order valence-corrected chi connectivity index (χ0v) is 7.50. The highest BCUT2D eigenvalue weighted by Crippen LogP contribution is 2.24. The number of aromatic amines is 1. The zero-order valence-electron chi connectivity index (χ0n) is 7.50. The van der Waals surface area contributed by atoms with Gasteiger partial charge in [0.2, 0.25) is 0 Å². The van der Waals surface area contributed by atoms with E-state index in [2.05, 4.69) is 10.2 Å². The Labute approximate surface area is 83.7 Å². The molecule has 0 fully saturated rings. The van der Waals surface area contributed by atoms with Crippen LogP contribution in [-0.4, -0.2) is 16.5 Å². The lowest BCUT2D eigenvalue weighted by atomic mass is 10.1. The van der Waals surface area contributed by atoms with Crippen LogP contribution in [0, 0.1) is 11.6 Å². The molecular formula is C10H6F2N2O. The Hall–Kier alpha value is -2.04. The Bertz CT molecular complexity index is 494. The Morgan fingerprint density at radius 1 is 1.33 bits per heavy atom. The minimum absolute atomic E-state index is 0.146. The molecular weight excluding hydrogens is 202 g/mol. The van der Waals surface area contributed by atoms with Crippen LogP contribution in [0.1, 0.15) is 10.4 Å². The van der Waals surface area contributed by atoms with Crippen molar-refractivity contribution in [3.63, 3.8) is 0 Å². The van der Waals surface area contributed by atoms with Crippen LogP contribution >= 0.6 is 0 Å². The first-order chi connectivity index (χ1) is 7.24. The molecule has 2 aromatic rings. The van der Waals surface area contributed by atoms with Crippen molar-refractivity contribution in [2.45, 2.75) is 0 Å². The van der Waals surface area contributed by atoms with Gasteiger partial charge in [-0.3, -0.25) is 9.89 Å². The standard InChI is InChI=1S/C10H6F2N2O/c11-9-2-1-7(6-3-13-14-4-6)10(12)8(9)5-15/h1-5H,(H,13,14). The summed E-state index contributed by atoms with van der Waals surface area (Å²) in [5.74, 6) is -1.74. The molecule has 1 aromatic heterocycles. The van der Waals surface area contributed by atoms with Gasteiger partial charge in [0.1, 0.15) is 11.6 Å². The van der Waals surface area contributed by atoms with Crippen LogP contribution in [0.3, 0.4) is 0 Å². The molecule has 0 bridgehead atoms. The fraction of sp³-hybridized carbons (Fsp3) is 0. The number of carbonyl (C=O) groups is 1. The smallest absolute Gasteiger partial charge is 0.155 e. The van der Waals surface area contributed by atoms with E-state index < -0.39 is 17.2 Å². The van der Waals surface area contributed by atoms with E-state index in [9.17, 15) is 13.6 Å². The number of benzene rings is 1. The second-order valence-corrected chi connectivity index (χ2v) is 2.93. The molecule has 0 aliphatic carbocycles. The maximum Gasteiger partial charge on any atom is 0.155 e. The van der Waals surface area contributed by atoms with Crippen LogP contribution in [0.25, 0.3) is 11.1 Å². The molecule has 2 rings (SSSR count). The van der Waals surface area contributed by atoms with Gasteiger partial charge in [-0.05, 0) is 12.1 Å². The number of hydrogen-bond donors (Lipinski definition) is 1. The highest BCUT2D eigenvalue weighted by atomic mass is 19.1. The van der Waals surface area contributed by atoms with E-state index in [-0.39, 0.29) is 11.8 Å². The summed E-state index contributed by atoms with van der Waals surface area (Å²) in [7, 11) is 0. The van der Waals surface area contributed by atoms with Crippen LogP contribution in [0.4, 0.5) is 8.78 Å². The molecule has 0 saturated heterocycles. The fourth-order valence-electron chi connectivity index (χ4n) is 1.30. The average molecular weight is 208 g/mol. The van der Waals surface area contributed by atoms with E-state index in [0.29, 0.717) is 5.56 Å². The number of rotatable bonds is 2. The molecule has 1 heterocycles. The normalized spacial score (nSPS) is 10.3. The van der Waals surface area contributed by atoms with Gasteiger partial charge in [-0.25, -0.2) is 8.78 Å². The van der Waals surface area contributed by atoms with Gasteiger partial charge in [0.25, 0.3) is 0 Å². The first-order valence-electron chi connectivity index (χ1n) is 4.16. The molecule has 0 amide bonds. The van der Waals surface area contributed by atoms with Crippen LogP contribution < -0.4 is 0 Å². The van der Waals surface area contributed by atoms with Gasteiger partial charge in [0.05, 0.1) is 11.8 Å². The average Bonchev–Trinajstić information content (AvgIpc) is 2.71. The predicted molar refractivity (Wildman–Crippen MR) is 49.3 cm³/mol. The number of aromatic nitrogens is 2. The van der Waals surface area contributed by atoms with E-state index in [4.69, 9.17) is 0 Å². The molecule has 0 spiro atoms. The fourth-order valence-corrected chi connectivity index (χ4v) is 1.30. The van der Waals surface area contributed by atoms with Crippen LogP contribution in [0.2, 0.25) is 0 Å². The summed E-state index contributed by atoms with van der Waals surface area (Å²) in [5.41, 5.74) is 0.0524. The third kappa shape index (κ3) is 1.52. The van der Waals surface area contributed by atoms with Gasteiger partial charge in [0, 0.05) is 17.3 Å². The van der Waals surface area contributed by atoms with Crippen LogP contribution in [0.5, 0.6) is 0 Å². The van der Waals surface area contributed by atoms with Gasteiger partial charge in [-0.1, -0.05) is 0 Å². The van der Waals surface area contributed by atoms with Crippen molar-refractivity contribution < 1.29 is 13.6 Å². The summed E-state index contributed by atoms with van der Waals surface area (Å²) in [4.78, 5) is 10.5. The SMILES string of the molecule is O=Cc1c(F)ccc(-c2cn[nH]c2)c1F. The molecule has 1 N–H and O–H groups in total. The van der Waals surface area contributed by atoms with Gasteiger partial charge >= 0.3 is 0 Å². The summed E-state index contributed by atoms with van der Waals surface area (Å²) in [6.07, 6.45) is 3.02. The summed E-state index contributed by atoms with van der Waals surface area (Å²) in [5, 5.41) is 6.15. The molecule has 5 heteroatoms. The summed E-state index contributed by atoms with van der Waals surface area (Å²) in [6.45, 7) is 0. The second kappa shape index (κ2) is 3.61. The number of H-pyrrole nitrogens is 1. The van der Waals surface area contributed by atoms with Crippen molar-refractivity contribution >= 4 is 6.29 Å². The Morgan fingerprint density at radius 2 is 2.13 bits per heavy atom. The number of nitrogens with zero attached hydrogens (tertiary/aromatic N) is 1. The van der Waals surface area contributed by atoms with E-state index in [1.54, 1.807) is 0 Å². The van der Waals surface area contributed by atoms with Crippen molar-refractivity contribution in [2.75, 3.05) is 0 Å². The lowest BCUT2D eigenvalue weighted by Gasteiger charge is -2.02. The monoisotopic (exact) mass is 208 g/mol. The van der Waals surface area contributed by atoms with E-state index in [1.807, 2.05) is 0 Å². The summed E-state index contributed by atoms with van der Waals surface area (Å²) < 4.78 is 26.6. The minimum atomic E-state index is -0.869. The molecule has 0 unspecified atom stereocenters. The third-order valence-electron chi connectivity index (χ3n) is 2.05. The summed E-state index contributed by atoms with van der Waals surface area (Å²) in [6, 6.07) is 2.32. The molecule has 1 aromatic carbocycles. The largest absolute Gasteiger partial charge is 0.298 e. The van der Waals surface area contributed by atoms with Gasteiger partial charge in [-0.15, -0.1) is 0 Å². The lowest BCUT2D eigenvalue weighted by Crippen LogP contribution is -1.95. The zero-order chi connectivity index (χ0) is 10.8. The van der Waals surface area contributed by atoms with Crippen molar-refractivity contribution in [3.8, 4) is 11.1 Å². The highest BCUT2D eigenvalue weighted by molar-refractivity contribution is 5.79. The van der Waals surface area contributed by atoms with Gasteiger partial charge in [-0.2, -0.15) is 5.10 Å². The van der Waals surface area contributed by atoms with E-state index in [1.165, 1.54) is 18.5 Å². The molecule has 0 radical (unpaired) electrons. The first kappa shape index (κ1) is 9.51. The Kier molecular flexibility index (Phi) is 2.29. The molecule has 0 aliphatic rings.